The summed E-state index contributed by atoms with van der Waals surface area (Å²) < 4.78 is 11.1. The van der Waals surface area contributed by atoms with E-state index < -0.39 is 0 Å². The first-order valence-corrected chi connectivity index (χ1v) is 6.88. The minimum Gasteiger partial charge on any atom is -0.490 e. The topological polar surface area (TPSA) is 44.5 Å². The number of hydrogen-bond acceptors (Lipinski definition) is 3. The highest BCUT2D eigenvalue weighted by molar-refractivity contribution is 6.35. The van der Waals surface area contributed by atoms with Crippen LogP contribution in [0, 0.1) is 6.92 Å². The molecule has 0 radical (unpaired) electrons. The Balaban J connectivity index is 1.82. The molecule has 2 N–H and O–H groups in total. The summed E-state index contributed by atoms with van der Waals surface area (Å²) in [6.07, 6.45) is 0. The number of benzene rings is 2. The summed E-state index contributed by atoms with van der Waals surface area (Å²) in [4.78, 5) is 0. The lowest BCUT2D eigenvalue weighted by atomic mass is 10.2. The van der Waals surface area contributed by atoms with Gasteiger partial charge in [0.05, 0.1) is 5.02 Å². The van der Waals surface area contributed by atoms with Crippen molar-refractivity contribution in [2.75, 3.05) is 18.9 Å². The van der Waals surface area contributed by atoms with Gasteiger partial charge in [0.1, 0.15) is 24.7 Å². The van der Waals surface area contributed by atoms with E-state index in [1.807, 2.05) is 19.1 Å². The summed E-state index contributed by atoms with van der Waals surface area (Å²) in [7, 11) is 0. The molecule has 106 valence electrons. The van der Waals surface area contributed by atoms with Crippen LogP contribution in [0.1, 0.15) is 5.56 Å². The SMILES string of the molecule is Cc1ccc(OCCOc2ccc(Cl)cc2Cl)cc1N. The number of halogens is 2. The highest BCUT2D eigenvalue weighted by Gasteiger charge is 2.03. The Morgan fingerprint density at radius 3 is 2.45 bits per heavy atom. The molecule has 0 bridgehead atoms. The largest absolute Gasteiger partial charge is 0.490 e. The zero-order valence-electron chi connectivity index (χ0n) is 11.0. The van der Waals surface area contributed by atoms with Crippen LogP contribution in [-0.4, -0.2) is 13.2 Å². The molecular weight excluding hydrogens is 297 g/mol. The number of hydrogen-bond donors (Lipinski definition) is 1. The Bertz CT molecular complexity index is 602. The molecule has 0 fully saturated rings. The Morgan fingerprint density at radius 2 is 1.75 bits per heavy atom. The summed E-state index contributed by atoms with van der Waals surface area (Å²) >= 11 is 11.8. The molecule has 0 aromatic heterocycles. The summed E-state index contributed by atoms with van der Waals surface area (Å²) in [6.45, 7) is 2.74. The molecule has 0 amide bonds. The molecule has 0 atom stereocenters. The highest BCUT2D eigenvalue weighted by atomic mass is 35.5. The first-order chi connectivity index (χ1) is 9.56. The van der Waals surface area contributed by atoms with E-state index in [1.165, 1.54) is 0 Å². The van der Waals surface area contributed by atoms with Gasteiger partial charge >= 0.3 is 0 Å². The first kappa shape index (κ1) is 14.8. The van der Waals surface area contributed by atoms with Crippen LogP contribution in [0.15, 0.2) is 36.4 Å². The predicted octanol–water partition coefficient (Wildman–Crippen LogP) is 4.34. The molecule has 2 rings (SSSR count). The number of ether oxygens (including phenoxy) is 2. The van der Waals surface area contributed by atoms with Crippen molar-refractivity contribution in [1.29, 1.82) is 0 Å². The average molecular weight is 312 g/mol. The van der Waals surface area contributed by atoms with Gasteiger partial charge in [-0.15, -0.1) is 0 Å². The summed E-state index contributed by atoms with van der Waals surface area (Å²) in [5.74, 6) is 1.31. The van der Waals surface area contributed by atoms with Crippen molar-refractivity contribution in [3.05, 3.63) is 52.0 Å². The van der Waals surface area contributed by atoms with Crippen LogP contribution < -0.4 is 15.2 Å². The normalized spacial score (nSPS) is 10.3. The van der Waals surface area contributed by atoms with Gasteiger partial charge in [0.15, 0.2) is 0 Å². The van der Waals surface area contributed by atoms with E-state index in [2.05, 4.69) is 0 Å². The Hall–Kier alpha value is -1.58. The third-order valence-electron chi connectivity index (χ3n) is 2.75. The summed E-state index contributed by atoms with van der Waals surface area (Å²) in [5, 5.41) is 1.06. The number of nitrogen functional groups attached to an aromatic ring is 1. The van der Waals surface area contributed by atoms with Gasteiger partial charge < -0.3 is 15.2 Å². The van der Waals surface area contributed by atoms with Crippen LogP contribution in [0.4, 0.5) is 5.69 Å². The second-order valence-electron chi connectivity index (χ2n) is 4.29. The molecule has 0 aliphatic carbocycles. The van der Waals surface area contributed by atoms with Crippen molar-refractivity contribution in [3.63, 3.8) is 0 Å². The van der Waals surface area contributed by atoms with Gasteiger partial charge in [-0.3, -0.25) is 0 Å². The number of aryl methyl sites for hydroxylation is 1. The molecule has 0 saturated heterocycles. The van der Waals surface area contributed by atoms with Gasteiger partial charge in [-0.2, -0.15) is 0 Å². The highest BCUT2D eigenvalue weighted by Crippen LogP contribution is 2.27. The zero-order valence-corrected chi connectivity index (χ0v) is 12.5. The van der Waals surface area contributed by atoms with E-state index in [-0.39, 0.29) is 0 Å². The molecule has 3 nitrogen and oxygen atoms in total. The van der Waals surface area contributed by atoms with Crippen LogP contribution in [0.3, 0.4) is 0 Å². The quantitative estimate of drug-likeness (QED) is 0.660. The van der Waals surface area contributed by atoms with Crippen molar-refractivity contribution in [2.45, 2.75) is 6.92 Å². The van der Waals surface area contributed by atoms with Crippen LogP contribution in [0.25, 0.3) is 0 Å². The fraction of sp³-hybridized carbons (Fsp3) is 0.200. The third-order valence-corrected chi connectivity index (χ3v) is 3.28. The number of rotatable bonds is 5. The van der Waals surface area contributed by atoms with Gasteiger partial charge in [-0.25, -0.2) is 0 Å². The van der Waals surface area contributed by atoms with Crippen LogP contribution in [0.5, 0.6) is 11.5 Å². The second kappa shape index (κ2) is 6.73. The lowest BCUT2D eigenvalue weighted by Gasteiger charge is -2.10. The standard InChI is InChI=1S/C15H15Cl2NO2/c1-10-2-4-12(9-14(10)18)19-6-7-20-15-5-3-11(16)8-13(15)17/h2-5,8-9H,6-7,18H2,1H3. The van der Waals surface area contributed by atoms with Crippen molar-refractivity contribution >= 4 is 28.9 Å². The average Bonchev–Trinajstić information content (AvgIpc) is 2.40. The Morgan fingerprint density at radius 1 is 1.00 bits per heavy atom. The van der Waals surface area contributed by atoms with Gasteiger partial charge in [0.2, 0.25) is 0 Å². The van der Waals surface area contributed by atoms with Crippen molar-refractivity contribution in [1.82, 2.24) is 0 Å². The van der Waals surface area contributed by atoms with Gasteiger partial charge in [-0.1, -0.05) is 29.3 Å². The maximum Gasteiger partial charge on any atom is 0.138 e. The smallest absolute Gasteiger partial charge is 0.138 e. The fourth-order valence-corrected chi connectivity index (χ4v) is 2.07. The van der Waals surface area contributed by atoms with Crippen molar-refractivity contribution in [2.24, 2.45) is 0 Å². The van der Waals surface area contributed by atoms with E-state index in [1.54, 1.807) is 24.3 Å². The molecule has 5 heteroatoms. The van der Waals surface area contributed by atoms with Crippen LogP contribution in [-0.2, 0) is 0 Å². The molecule has 0 saturated carbocycles. The predicted molar refractivity (Wildman–Crippen MR) is 83.0 cm³/mol. The second-order valence-corrected chi connectivity index (χ2v) is 5.13. The van der Waals surface area contributed by atoms with E-state index in [0.29, 0.717) is 34.7 Å². The summed E-state index contributed by atoms with van der Waals surface area (Å²) in [5.41, 5.74) is 7.55. The fourth-order valence-electron chi connectivity index (χ4n) is 1.61. The molecule has 2 aromatic rings. The first-order valence-electron chi connectivity index (χ1n) is 6.13. The molecule has 0 unspecified atom stereocenters. The molecule has 0 spiro atoms. The number of nitrogens with two attached hydrogens (primary N) is 1. The minimum absolute atomic E-state index is 0.384. The molecule has 2 aromatic carbocycles. The van der Waals surface area contributed by atoms with Gasteiger partial charge in [0.25, 0.3) is 0 Å². The van der Waals surface area contributed by atoms with E-state index >= 15 is 0 Å². The number of anilines is 1. The maximum atomic E-state index is 6.00. The minimum atomic E-state index is 0.384. The van der Waals surface area contributed by atoms with Crippen molar-refractivity contribution < 1.29 is 9.47 Å². The van der Waals surface area contributed by atoms with E-state index in [9.17, 15) is 0 Å². The molecule has 0 aliphatic rings. The van der Waals surface area contributed by atoms with Gasteiger partial charge in [0, 0.05) is 16.8 Å². The van der Waals surface area contributed by atoms with Crippen LogP contribution in [0.2, 0.25) is 10.0 Å². The lowest BCUT2D eigenvalue weighted by Crippen LogP contribution is -2.09. The molecule has 0 aliphatic heterocycles. The summed E-state index contributed by atoms with van der Waals surface area (Å²) in [6, 6.07) is 10.7. The Kier molecular flexibility index (Phi) is 4.99. The van der Waals surface area contributed by atoms with Gasteiger partial charge in [-0.05, 0) is 36.8 Å². The van der Waals surface area contributed by atoms with Crippen molar-refractivity contribution in [3.8, 4) is 11.5 Å². The monoisotopic (exact) mass is 311 g/mol. The molecular formula is C15H15Cl2NO2. The zero-order chi connectivity index (χ0) is 14.5. The van der Waals surface area contributed by atoms with E-state index in [0.717, 1.165) is 11.3 Å². The van der Waals surface area contributed by atoms with E-state index in [4.69, 9.17) is 38.4 Å². The molecule has 20 heavy (non-hydrogen) atoms. The molecule has 0 heterocycles. The lowest BCUT2D eigenvalue weighted by molar-refractivity contribution is 0.217. The maximum absolute atomic E-state index is 6.00. The van der Waals surface area contributed by atoms with Crippen LogP contribution >= 0.6 is 23.2 Å². The Labute approximate surface area is 128 Å². The third kappa shape index (κ3) is 3.95.